The van der Waals surface area contributed by atoms with Crippen molar-refractivity contribution in [2.75, 3.05) is 31.9 Å². The van der Waals surface area contributed by atoms with E-state index in [0.29, 0.717) is 41.3 Å². The Morgan fingerprint density at radius 3 is 2.61 bits per heavy atom. The molecule has 2 aromatic carbocycles. The zero-order chi connectivity index (χ0) is 22.2. The van der Waals surface area contributed by atoms with Crippen LogP contribution in [-0.4, -0.2) is 48.0 Å². The zero-order valence-electron chi connectivity index (χ0n) is 17.3. The van der Waals surface area contributed by atoms with Gasteiger partial charge in [0.25, 0.3) is 5.56 Å². The molecule has 0 aliphatic rings. The molecule has 0 unspecified atom stereocenters. The highest BCUT2D eigenvalue weighted by atomic mass is 32.2. The van der Waals surface area contributed by atoms with E-state index in [1.165, 1.54) is 7.11 Å². The average Bonchev–Trinajstić information content (AvgIpc) is 2.79. The number of nitrogens with one attached hydrogen (secondary N) is 1. The van der Waals surface area contributed by atoms with Crippen molar-refractivity contribution in [1.29, 1.82) is 0 Å². The molecular weight excluding hydrogens is 418 g/mol. The summed E-state index contributed by atoms with van der Waals surface area (Å²) in [6.07, 6.45) is 0.642. The number of fused-ring (bicyclic) bond motifs is 1. The van der Waals surface area contributed by atoms with Crippen LogP contribution < -0.4 is 10.9 Å². The largest absolute Gasteiger partial charge is 0.465 e. The maximum absolute atomic E-state index is 12.9. The number of anilines is 1. The summed E-state index contributed by atoms with van der Waals surface area (Å²) in [5.41, 5.74) is 1.06. The number of amides is 1. The molecule has 1 amide bonds. The third kappa shape index (κ3) is 5.50. The topological polar surface area (TPSA) is 99.5 Å². The summed E-state index contributed by atoms with van der Waals surface area (Å²) in [6.45, 7) is 0.938. The fourth-order valence-electron chi connectivity index (χ4n) is 3.02. The molecule has 0 aliphatic heterocycles. The maximum atomic E-state index is 12.9. The molecule has 9 heteroatoms. The van der Waals surface area contributed by atoms with Gasteiger partial charge in [-0.05, 0) is 30.7 Å². The van der Waals surface area contributed by atoms with E-state index in [0.717, 1.165) is 11.8 Å². The summed E-state index contributed by atoms with van der Waals surface area (Å²) in [5, 5.41) is 3.71. The Morgan fingerprint density at radius 1 is 1.10 bits per heavy atom. The molecule has 0 radical (unpaired) electrons. The van der Waals surface area contributed by atoms with Crippen LogP contribution in [0, 0.1) is 0 Å². The molecule has 3 aromatic rings. The van der Waals surface area contributed by atoms with Crippen LogP contribution >= 0.6 is 11.8 Å². The van der Waals surface area contributed by atoms with Crippen LogP contribution in [-0.2, 0) is 20.8 Å². The number of hydrogen-bond donors (Lipinski definition) is 1. The molecule has 31 heavy (non-hydrogen) atoms. The van der Waals surface area contributed by atoms with E-state index in [-0.39, 0.29) is 22.8 Å². The first-order valence-corrected chi connectivity index (χ1v) is 10.6. The van der Waals surface area contributed by atoms with E-state index in [4.69, 9.17) is 9.47 Å². The standard InChI is InChI=1S/C22H23N3O5S/c1-29-13-7-12-25-20(27)15-8-3-5-10-17(15)24-22(25)31-14-19(26)23-18-11-6-4-9-16(18)21(28)30-2/h3-6,8-11H,7,12-14H2,1-2H3,(H,23,26). The number of carbonyl (C=O) groups excluding carboxylic acids is 2. The molecule has 162 valence electrons. The molecule has 0 spiro atoms. The van der Waals surface area contributed by atoms with E-state index in [1.807, 2.05) is 6.07 Å². The van der Waals surface area contributed by atoms with Crippen molar-refractivity contribution in [1.82, 2.24) is 9.55 Å². The Kier molecular flexibility index (Phi) is 7.80. The summed E-state index contributed by atoms with van der Waals surface area (Å²) in [7, 11) is 2.89. The van der Waals surface area contributed by atoms with Crippen LogP contribution in [0.15, 0.2) is 58.5 Å². The molecule has 3 rings (SSSR count). The molecule has 0 saturated heterocycles. The summed E-state index contributed by atoms with van der Waals surface area (Å²) < 4.78 is 11.4. The van der Waals surface area contributed by atoms with Gasteiger partial charge in [-0.3, -0.25) is 14.2 Å². The van der Waals surface area contributed by atoms with E-state index in [1.54, 1.807) is 54.1 Å². The van der Waals surface area contributed by atoms with Crippen molar-refractivity contribution in [3.63, 3.8) is 0 Å². The number of para-hydroxylation sites is 2. The fourth-order valence-corrected chi connectivity index (χ4v) is 3.84. The Morgan fingerprint density at radius 2 is 1.84 bits per heavy atom. The Labute approximate surface area is 183 Å². The van der Waals surface area contributed by atoms with Gasteiger partial charge < -0.3 is 14.8 Å². The first-order valence-electron chi connectivity index (χ1n) is 9.63. The predicted octanol–water partition coefficient (Wildman–Crippen LogP) is 2.95. The third-order valence-corrected chi connectivity index (χ3v) is 5.47. The zero-order valence-corrected chi connectivity index (χ0v) is 18.1. The number of aromatic nitrogens is 2. The second kappa shape index (κ2) is 10.7. The van der Waals surface area contributed by atoms with Crippen LogP contribution in [0.3, 0.4) is 0 Å². The lowest BCUT2D eigenvalue weighted by atomic mass is 10.2. The molecule has 0 atom stereocenters. The highest BCUT2D eigenvalue weighted by Crippen LogP contribution is 2.20. The van der Waals surface area contributed by atoms with Gasteiger partial charge in [0.2, 0.25) is 5.91 Å². The van der Waals surface area contributed by atoms with E-state index >= 15 is 0 Å². The molecule has 1 aromatic heterocycles. The molecule has 0 bridgehead atoms. The first kappa shape index (κ1) is 22.5. The molecule has 8 nitrogen and oxygen atoms in total. The lowest BCUT2D eigenvalue weighted by Gasteiger charge is -2.13. The first-order chi connectivity index (χ1) is 15.0. The summed E-state index contributed by atoms with van der Waals surface area (Å²) in [5.74, 6) is -0.844. The van der Waals surface area contributed by atoms with Crippen LogP contribution in [0.4, 0.5) is 5.69 Å². The van der Waals surface area contributed by atoms with E-state index in [2.05, 4.69) is 10.3 Å². The van der Waals surface area contributed by atoms with Crippen molar-refractivity contribution in [3.8, 4) is 0 Å². The van der Waals surface area contributed by atoms with E-state index < -0.39 is 5.97 Å². The maximum Gasteiger partial charge on any atom is 0.339 e. The van der Waals surface area contributed by atoms with Crippen LogP contribution in [0.1, 0.15) is 16.8 Å². The third-order valence-electron chi connectivity index (χ3n) is 4.50. The summed E-state index contributed by atoms with van der Waals surface area (Å²) in [4.78, 5) is 42.0. The Hall–Kier alpha value is -3.17. The van der Waals surface area contributed by atoms with Crippen LogP contribution in [0.2, 0.25) is 0 Å². The number of methoxy groups -OCH3 is 2. The Bertz CT molecular complexity index is 1150. The number of ether oxygens (including phenoxy) is 2. The number of nitrogens with zero attached hydrogens (tertiary/aromatic N) is 2. The van der Waals surface area contributed by atoms with Crippen LogP contribution in [0.25, 0.3) is 10.9 Å². The quantitative estimate of drug-likeness (QED) is 0.236. The number of esters is 1. The van der Waals surface area contributed by atoms with E-state index in [9.17, 15) is 14.4 Å². The number of thioether (sulfide) groups is 1. The van der Waals surface area contributed by atoms with Gasteiger partial charge in [-0.25, -0.2) is 9.78 Å². The highest BCUT2D eigenvalue weighted by molar-refractivity contribution is 7.99. The Balaban J connectivity index is 1.80. The van der Waals surface area contributed by atoms with Gasteiger partial charge in [-0.1, -0.05) is 36.0 Å². The lowest BCUT2D eigenvalue weighted by molar-refractivity contribution is -0.113. The fraction of sp³-hybridized carbons (Fsp3) is 0.273. The second-order valence-electron chi connectivity index (χ2n) is 6.59. The van der Waals surface area contributed by atoms with Crippen molar-refractivity contribution >= 4 is 40.2 Å². The lowest BCUT2D eigenvalue weighted by Crippen LogP contribution is -2.25. The minimum atomic E-state index is -0.535. The average molecular weight is 442 g/mol. The second-order valence-corrected chi connectivity index (χ2v) is 7.53. The van der Waals surface area contributed by atoms with Crippen molar-refractivity contribution in [3.05, 3.63) is 64.4 Å². The minimum absolute atomic E-state index is 0.0184. The van der Waals surface area contributed by atoms with Crippen molar-refractivity contribution < 1.29 is 19.1 Å². The van der Waals surface area contributed by atoms with Gasteiger partial charge in [0.15, 0.2) is 5.16 Å². The van der Waals surface area contributed by atoms with Crippen LogP contribution in [0.5, 0.6) is 0 Å². The van der Waals surface area contributed by atoms with Gasteiger partial charge in [-0.2, -0.15) is 0 Å². The van der Waals surface area contributed by atoms with Crippen molar-refractivity contribution in [2.45, 2.75) is 18.1 Å². The molecular formula is C22H23N3O5S. The smallest absolute Gasteiger partial charge is 0.339 e. The SMILES string of the molecule is COCCCn1c(SCC(=O)Nc2ccccc2C(=O)OC)nc2ccccc2c1=O. The normalized spacial score (nSPS) is 10.8. The highest BCUT2D eigenvalue weighted by Gasteiger charge is 2.16. The minimum Gasteiger partial charge on any atom is -0.465 e. The summed E-state index contributed by atoms with van der Waals surface area (Å²) in [6, 6.07) is 13.7. The van der Waals surface area contributed by atoms with Gasteiger partial charge in [0.05, 0.1) is 35.0 Å². The van der Waals surface area contributed by atoms with Gasteiger partial charge in [0, 0.05) is 20.3 Å². The number of rotatable bonds is 9. The van der Waals surface area contributed by atoms with Gasteiger partial charge in [-0.15, -0.1) is 0 Å². The molecule has 0 fully saturated rings. The van der Waals surface area contributed by atoms with Gasteiger partial charge in [0.1, 0.15) is 0 Å². The predicted molar refractivity (Wildman–Crippen MR) is 120 cm³/mol. The number of benzene rings is 2. The molecule has 1 heterocycles. The van der Waals surface area contributed by atoms with Gasteiger partial charge >= 0.3 is 5.97 Å². The molecule has 0 saturated carbocycles. The van der Waals surface area contributed by atoms with Crippen molar-refractivity contribution in [2.24, 2.45) is 0 Å². The molecule has 0 aliphatic carbocycles. The number of hydrogen-bond acceptors (Lipinski definition) is 7. The monoisotopic (exact) mass is 441 g/mol. The number of carbonyl (C=O) groups is 2. The summed E-state index contributed by atoms with van der Waals surface area (Å²) >= 11 is 1.16. The molecule has 1 N–H and O–H groups in total.